The van der Waals surface area contributed by atoms with E-state index in [1.165, 1.54) is 0 Å². The molecule has 0 saturated carbocycles. The monoisotopic (exact) mass is 242 g/mol. The number of halogens is 1. The van der Waals surface area contributed by atoms with E-state index in [0.29, 0.717) is 36.9 Å². The van der Waals surface area contributed by atoms with Crippen LogP contribution in [0.15, 0.2) is 24.3 Å². The molecule has 0 aliphatic rings. The summed E-state index contributed by atoms with van der Waals surface area (Å²) in [5, 5.41) is 3.16. The van der Waals surface area contributed by atoms with Gasteiger partial charge in [-0.1, -0.05) is 23.7 Å². The summed E-state index contributed by atoms with van der Waals surface area (Å²) in [6.45, 7) is 1.89. The molecular formula is C11H15ClN2O2. The van der Waals surface area contributed by atoms with Gasteiger partial charge < -0.3 is 15.8 Å². The van der Waals surface area contributed by atoms with E-state index in [-0.39, 0.29) is 5.91 Å². The number of hydrogen-bond acceptors (Lipinski definition) is 3. The standard InChI is InChI=1S/C11H15ClN2O2/c12-10-4-2-1-3-9(10)11(15)14-6-8-16-7-5-13/h1-4H,5-8,13H2,(H,14,15). The van der Waals surface area contributed by atoms with E-state index in [2.05, 4.69) is 5.32 Å². The number of carbonyl (C=O) groups is 1. The van der Waals surface area contributed by atoms with Crippen LogP contribution in [0.25, 0.3) is 0 Å². The molecule has 0 heterocycles. The lowest BCUT2D eigenvalue weighted by atomic mass is 10.2. The number of nitrogens with one attached hydrogen (secondary N) is 1. The summed E-state index contributed by atoms with van der Waals surface area (Å²) in [5.41, 5.74) is 5.73. The zero-order valence-corrected chi connectivity index (χ0v) is 9.67. The van der Waals surface area contributed by atoms with Crippen molar-refractivity contribution in [2.24, 2.45) is 5.73 Å². The van der Waals surface area contributed by atoms with Crippen LogP contribution in [0.5, 0.6) is 0 Å². The minimum Gasteiger partial charge on any atom is -0.378 e. The molecule has 0 unspecified atom stereocenters. The van der Waals surface area contributed by atoms with Crippen LogP contribution >= 0.6 is 11.6 Å². The van der Waals surface area contributed by atoms with Crippen LogP contribution in [0, 0.1) is 0 Å². The first kappa shape index (κ1) is 13.0. The van der Waals surface area contributed by atoms with E-state index in [1.54, 1.807) is 24.3 Å². The molecule has 1 aromatic rings. The van der Waals surface area contributed by atoms with Gasteiger partial charge in [-0.15, -0.1) is 0 Å². The van der Waals surface area contributed by atoms with Crippen molar-refractivity contribution < 1.29 is 9.53 Å². The minimum absolute atomic E-state index is 0.193. The summed E-state index contributed by atoms with van der Waals surface area (Å²) >= 11 is 5.87. The highest BCUT2D eigenvalue weighted by Crippen LogP contribution is 2.14. The normalized spacial score (nSPS) is 10.1. The largest absolute Gasteiger partial charge is 0.378 e. The van der Waals surface area contributed by atoms with Gasteiger partial charge in [0.2, 0.25) is 0 Å². The van der Waals surface area contributed by atoms with Gasteiger partial charge in [0.05, 0.1) is 23.8 Å². The second-order valence-corrected chi connectivity index (χ2v) is 3.54. The third kappa shape index (κ3) is 4.18. The van der Waals surface area contributed by atoms with E-state index in [1.807, 2.05) is 0 Å². The van der Waals surface area contributed by atoms with E-state index < -0.39 is 0 Å². The number of carbonyl (C=O) groups excluding carboxylic acids is 1. The fraction of sp³-hybridized carbons (Fsp3) is 0.364. The number of benzene rings is 1. The van der Waals surface area contributed by atoms with Crippen molar-refractivity contribution in [3.05, 3.63) is 34.9 Å². The lowest BCUT2D eigenvalue weighted by Crippen LogP contribution is -2.28. The van der Waals surface area contributed by atoms with Crippen molar-refractivity contribution in [2.75, 3.05) is 26.3 Å². The first-order valence-electron chi connectivity index (χ1n) is 5.06. The molecule has 88 valence electrons. The summed E-state index contributed by atoms with van der Waals surface area (Å²) < 4.78 is 5.13. The minimum atomic E-state index is -0.193. The molecule has 0 aliphatic heterocycles. The van der Waals surface area contributed by atoms with Crippen molar-refractivity contribution in [1.82, 2.24) is 5.32 Å². The first-order chi connectivity index (χ1) is 7.75. The van der Waals surface area contributed by atoms with Gasteiger partial charge in [0.1, 0.15) is 0 Å². The highest BCUT2D eigenvalue weighted by atomic mass is 35.5. The molecular weight excluding hydrogens is 228 g/mol. The van der Waals surface area contributed by atoms with Crippen LogP contribution in [-0.2, 0) is 4.74 Å². The molecule has 0 spiro atoms. The molecule has 1 amide bonds. The number of ether oxygens (including phenoxy) is 1. The summed E-state index contributed by atoms with van der Waals surface area (Å²) in [6.07, 6.45) is 0. The molecule has 0 aromatic heterocycles. The van der Waals surface area contributed by atoms with Crippen LogP contribution in [0.4, 0.5) is 0 Å². The van der Waals surface area contributed by atoms with Gasteiger partial charge in [-0.3, -0.25) is 4.79 Å². The Hall–Kier alpha value is -1.10. The summed E-state index contributed by atoms with van der Waals surface area (Å²) in [4.78, 5) is 11.6. The summed E-state index contributed by atoms with van der Waals surface area (Å²) in [7, 11) is 0. The van der Waals surface area contributed by atoms with Crippen LogP contribution in [-0.4, -0.2) is 32.2 Å². The molecule has 4 nitrogen and oxygen atoms in total. The van der Waals surface area contributed by atoms with Gasteiger partial charge in [-0.05, 0) is 12.1 Å². The van der Waals surface area contributed by atoms with Crippen LogP contribution < -0.4 is 11.1 Å². The van der Waals surface area contributed by atoms with Crippen LogP contribution in [0.1, 0.15) is 10.4 Å². The van der Waals surface area contributed by atoms with E-state index in [4.69, 9.17) is 22.1 Å². The van der Waals surface area contributed by atoms with Gasteiger partial charge in [-0.25, -0.2) is 0 Å². The first-order valence-corrected chi connectivity index (χ1v) is 5.44. The molecule has 0 fully saturated rings. The van der Waals surface area contributed by atoms with E-state index >= 15 is 0 Å². The lowest BCUT2D eigenvalue weighted by molar-refractivity contribution is 0.0920. The second kappa shape index (κ2) is 7.22. The van der Waals surface area contributed by atoms with Gasteiger partial charge in [-0.2, -0.15) is 0 Å². The highest BCUT2D eigenvalue weighted by Gasteiger charge is 2.07. The maximum absolute atomic E-state index is 11.6. The Morgan fingerprint density at radius 1 is 1.38 bits per heavy atom. The third-order valence-corrected chi connectivity index (χ3v) is 2.24. The predicted octanol–water partition coefficient (Wildman–Crippen LogP) is 1.05. The Morgan fingerprint density at radius 3 is 2.81 bits per heavy atom. The fourth-order valence-corrected chi connectivity index (χ4v) is 1.38. The van der Waals surface area contributed by atoms with Crippen molar-refractivity contribution in [3.63, 3.8) is 0 Å². The maximum atomic E-state index is 11.6. The highest BCUT2D eigenvalue weighted by molar-refractivity contribution is 6.33. The molecule has 0 radical (unpaired) electrons. The smallest absolute Gasteiger partial charge is 0.252 e. The molecule has 0 aliphatic carbocycles. The van der Waals surface area contributed by atoms with E-state index in [0.717, 1.165) is 0 Å². The SMILES string of the molecule is NCCOCCNC(=O)c1ccccc1Cl. The molecule has 1 aromatic carbocycles. The van der Waals surface area contributed by atoms with E-state index in [9.17, 15) is 4.79 Å². The average molecular weight is 243 g/mol. The van der Waals surface area contributed by atoms with Crippen molar-refractivity contribution in [2.45, 2.75) is 0 Å². The second-order valence-electron chi connectivity index (χ2n) is 3.14. The Kier molecular flexibility index (Phi) is 5.85. The predicted molar refractivity (Wildman–Crippen MR) is 63.7 cm³/mol. The Balaban J connectivity index is 2.33. The molecule has 0 bridgehead atoms. The number of nitrogens with two attached hydrogens (primary N) is 1. The quantitative estimate of drug-likeness (QED) is 0.733. The van der Waals surface area contributed by atoms with Gasteiger partial charge >= 0.3 is 0 Å². The Bertz CT molecular complexity index is 345. The molecule has 3 N–H and O–H groups in total. The molecule has 0 atom stereocenters. The topological polar surface area (TPSA) is 64.3 Å². The van der Waals surface area contributed by atoms with Crippen molar-refractivity contribution >= 4 is 17.5 Å². The van der Waals surface area contributed by atoms with Gasteiger partial charge in [0.25, 0.3) is 5.91 Å². The molecule has 5 heteroatoms. The van der Waals surface area contributed by atoms with Crippen molar-refractivity contribution in [3.8, 4) is 0 Å². The number of hydrogen-bond donors (Lipinski definition) is 2. The fourth-order valence-electron chi connectivity index (χ4n) is 1.16. The third-order valence-electron chi connectivity index (χ3n) is 1.91. The maximum Gasteiger partial charge on any atom is 0.252 e. The molecule has 16 heavy (non-hydrogen) atoms. The molecule has 1 rings (SSSR count). The van der Waals surface area contributed by atoms with Crippen molar-refractivity contribution in [1.29, 1.82) is 0 Å². The summed E-state index contributed by atoms with van der Waals surface area (Å²) in [6, 6.07) is 6.91. The molecule has 0 saturated heterocycles. The van der Waals surface area contributed by atoms with Gasteiger partial charge in [0, 0.05) is 13.1 Å². The number of amides is 1. The summed E-state index contributed by atoms with van der Waals surface area (Å²) in [5.74, 6) is -0.193. The zero-order chi connectivity index (χ0) is 11.8. The van der Waals surface area contributed by atoms with Crippen LogP contribution in [0.2, 0.25) is 5.02 Å². The lowest BCUT2D eigenvalue weighted by Gasteiger charge is -2.06. The Labute approximate surface area is 99.7 Å². The average Bonchev–Trinajstić information content (AvgIpc) is 2.29. The number of rotatable bonds is 6. The van der Waals surface area contributed by atoms with Gasteiger partial charge in [0.15, 0.2) is 0 Å². The Morgan fingerprint density at radius 2 is 2.12 bits per heavy atom. The zero-order valence-electron chi connectivity index (χ0n) is 8.91. The van der Waals surface area contributed by atoms with Crippen LogP contribution in [0.3, 0.4) is 0 Å².